The van der Waals surface area contributed by atoms with Gasteiger partial charge in [0, 0.05) is 0 Å². The van der Waals surface area contributed by atoms with Crippen molar-refractivity contribution in [1.82, 2.24) is 0 Å². The monoisotopic (exact) mass is 394 g/mol. The van der Waals surface area contributed by atoms with E-state index in [2.05, 4.69) is 6.92 Å². The third-order valence-electron chi connectivity index (χ3n) is 2.13. The van der Waals surface area contributed by atoms with Gasteiger partial charge in [-0.3, -0.25) is 0 Å². The van der Waals surface area contributed by atoms with E-state index in [0.717, 1.165) is 6.42 Å². The van der Waals surface area contributed by atoms with Gasteiger partial charge < -0.3 is 22.9 Å². The van der Waals surface area contributed by atoms with Crippen LogP contribution in [-0.2, 0) is 25.9 Å². The minimum absolute atomic E-state index is 0. The molecule has 1 fully saturated rings. The summed E-state index contributed by atoms with van der Waals surface area (Å²) in [6.07, 6.45) is 5.91. The Bertz CT molecular complexity index is 187. The molecule has 0 bridgehead atoms. The number of carboxylic acids is 1. The van der Waals surface area contributed by atoms with E-state index in [1.54, 1.807) is 0 Å². The summed E-state index contributed by atoms with van der Waals surface area (Å²) < 4.78 is 0. The van der Waals surface area contributed by atoms with Crippen LogP contribution in [0.5, 0.6) is 0 Å². The van der Waals surface area contributed by atoms with Gasteiger partial charge in [-0.1, -0.05) is 25.7 Å². The van der Waals surface area contributed by atoms with E-state index >= 15 is 0 Å². The molecule has 1 saturated carbocycles. The predicted octanol–water partition coefficient (Wildman–Crippen LogP) is 2.57. The van der Waals surface area contributed by atoms with Crippen molar-refractivity contribution in [3.05, 3.63) is 25.0 Å². The molecular weight excluding hydrogens is 377 g/mol. The normalized spacial score (nSPS) is 24.9. The molecule has 3 N–H and O–H groups in total. The minimum atomic E-state index is -1.14. The summed E-state index contributed by atoms with van der Waals surface area (Å²) in [5.41, 5.74) is 7.42. The number of carbonyl (C=O) groups is 1. The van der Waals surface area contributed by atoms with Crippen LogP contribution in [-0.4, -0.2) is 22.2 Å². The average Bonchev–Trinajstić information content (AvgIpc) is 2.11. The van der Waals surface area contributed by atoms with Gasteiger partial charge in [0.15, 0.2) is 0 Å². The van der Waals surface area contributed by atoms with E-state index in [1.165, 1.54) is 19.3 Å². The molecule has 0 heterocycles. The molecule has 0 aliphatic heterocycles. The minimum Gasteiger partial charge on any atom is -0.677 e. The molecule has 0 aromatic heterocycles. The number of rotatable bonds is 1. The van der Waals surface area contributed by atoms with Crippen molar-refractivity contribution in [3.8, 4) is 0 Å². The third kappa shape index (κ3) is 9.95. The van der Waals surface area contributed by atoms with Crippen molar-refractivity contribution in [3.63, 3.8) is 0 Å². The number of carboxylic acid groups (broad SMARTS) is 1. The topological polar surface area (TPSA) is 81.3 Å². The van der Waals surface area contributed by atoms with Crippen LogP contribution in [0.3, 0.4) is 0 Å². The van der Waals surface area contributed by atoms with Crippen LogP contribution >= 0.6 is 0 Å². The van der Waals surface area contributed by atoms with Crippen molar-refractivity contribution in [2.24, 2.45) is 5.92 Å². The van der Waals surface area contributed by atoms with E-state index in [4.69, 9.17) is 15.9 Å². The van der Waals surface area contributed by atoms with Crippen molar-refractivity contribution in [2.45, 2.75) is 31.7 Å². The van der Waals surface area contributed by atoms with Crippen LogP contribution in [0.25, 0.3) is 5.73 Å². The maximum atomic E-state index is 9.35. The Morgan fingerprint density at radius 3 is 2.13 bits per heavy atom. The summed E-state index contributed by atoms with van der Waals surface area (Å²) in [5.74, 6) is -0.721. The second-order valence-corrected chi connectivity index (χ2v) is 3.31. The number of aliphatic hydroxyl groups excluding tert-OH is 1. The first-order chi connectivity index (χ1) is 6.57. The van der Waals surface area contributed by atoms with Crippen LogP contribution in [0.2, 0.25) is 0 Å². The number of hydrogen-bond donors (Lipinski definition) is 2. The van der Waals surface area contributed by atoms with E-state index in [0.29, 0.717) is 18.3 Å². The van der Waals surface area contributed by atoms with Crippen molar-refractivity contribution < 1.29 is 36.1 Å². The van der Waals surface area contributed by atoms with Crippen molar-refractivity contribution in [2.75, 3.05) is 0 Å². The maximum Gasteiger partial charge on any atom is 2.00 e. The number of aliphatic hydroxyl groups is 1. The van der Waals surface area contributed by atoms with Gasteiger partial charge >= 0.3 is 27.0 Å². The van der Waals surface area contributed by atoms with Gasteiger partial charge in [-0.2, -0.15) is 12.0 Å². The molecule has 0 amide bonds. The van der Waals surface area contributed by atoms with E-state index < -0.39 is 5.97 Å². The smallest absolute Gasteiger partial charge is 0.677 e. The third-order valence-corrected chi connectivity index (χ3v) is 2.13. The second-order valence-electron chi connectivity index (χ2n) is 3.31. The molecule has 0 radical (unpaired) electrons. The van der Waals surface area contributed by atoms with Gasteiger partial charge in [0.1, 0.15) is 0 Å². The summed E-state index contributed by atoms with van der Waals surface area (Å²) in [4.78, 5) is 9.35. The average molecular weight is 394 g/mol. The molecule has 2 unspecified atom stereocenters. The Hall–Kier alpha value is -0.342. The van der Waals surface area contributed by atoms with Crippen LogP contribution in [0.1, 0.15) is 25.7 Å². The zero-order valence-electron chi connectivity index (χ0n) is 8.46. The Labute approximate surface area is 105 Å². The standard InChI is InChI=1S/C7H13N.C3H4O3.Pt/c1-6-4-2-3-5-7(6)8;4-2-1-3(5)6;/h6-8H,1-5H2;1-2,4H,(H,5,6);/q-2;;+2. The molecule has 2 atom stereocenters. The van der Waals surface area contributed by atoms with E-state index in [9.17, 15) is 4.79 Å². The molecule has 5 heteroatoms. The summed E-state index contributed by atoms with van der Waals surface area (Å²) in [6, 6.07) is 0.142. The first kappa shape index (κ1) is 17.1. The molecule has 0 aromatic rings. The van der Waals surface area contributed by atoms with E-state index in [-0.39, 0.29) is 27.1 Å². The van der Waals surface area contributed by atoms with Crippen LogP contribution in [0, 0.1) is 12.8 Å². The predicted molar refractivity (Wildman–Crippen MR) is 54.8 cm³/mol. The Balaban J connectivity index is 0. The molecule has 0 aromatic carbocycles. The largest absolute Gasteiger partial charge is 2.00 e. The van der Waals surface area contributed by atoms with Gasteiger partial charge in [0.2, 0.25) is 0 Å². The Morgan fingerprint density at radius 1 is 1.40 bits per heavy atom. The summed E-state index contributed by atoms with van der Waals surface area (Å²) in [6.45, 7) is 3.89. The van der Waals surface area contributed by atoms with Gasteiger partial charge in [0.25, 0.3) is 0 Å². The zero-order chi connectivity index (χ0) is 11.0. The van der Waals surface area contributed by atoms with Gasteiger partial charge in [-0.05, 0) is 0 Å². The molecule has 1 aliphatic carbocycles. The number of hydrogen-bond acceptors (Lipinski definition) is 2. The Kier molecular flexibility index (Phi) is 11.6. The van der Waals surface area contributed by atoms with Crippen LogP contribution in [0.15, 0.2) is 12.3 Å². The molecular formula is C10H17NO3Pt. The van der Waals surface area contributed by atoms with Gasteiger partial charge in [0.05, 0.1) is 12.3 Å². The van der Waals surface area contributed by atoms with Gasteiger partial charge in [-0.15, -0.1) is 0 Å². The molecule has 1 aliphatic rings. The molecule has 15 heavy (non-hydrogen) atoms. The molecule has 1 rings (SSSR count). The molecule has 0 saturated heterocycles. The molecule has 0 spiro atoms. The quantitative estimate of drug-likeness (QED) is 0.408. The number of aliphatic carboxylic acids is 1. The van der Waals surface area contributed by atoms with Crippen molar-refractivity contribution in [1.29, 1.82) is 0 Å². The second kappa shape index (κ2) is 10.2. The summed E-state index contributed by atoms with van der Waals surface area (Å²) in [7, 11) is 0. The fourth-order valence-corrected chi connectivity index (χ4v) is 1.27. The van der Waals surface area contributed by atoms with Gasteiger partial charge in [-0.25, -0.2) is 4.79 Å². The fourth-order valence-electron chi connectivity index (χ4n) is 1.27. The van der Waals surface area contributed by atoms with Crippen molar-refractivity contribution >= 4 is 5.97 Å². The summed E-state index contributed by atoms with van der Waals surface area (Å²) >= 11 is 0. The maximum absolute atomic E-state index is 9.35. The molecule has 4 nitrogen and oxygen atoms in total. The number of nitrogens with one attached hydrogen (secondary N) is 1. The van der Waals surface area contributed by atoms with E-state index in [1.807, 2.05) is 0 Å². The van der Waals surface area contributed by atoms with Crippen LogP contribution < -0.4 is 0 Å². The summed E-state index contributed by atoms with van der Waals surface area (Å²) in [5, 5.41) is 15.3. The Morgan fingerprint density at radius 2 is 1.93 bits per heavy atom. The first-order valence-corrected chi connectivity index (χ1v) is 4.65. The SMILES string of the molecule is O=C(O)C=CO.[CH2-]C1CCCCC1[NH-].[Pt+2]. The zero-order valence-corrected chi connectivity index (χ0v) is 10.7. The first-order valence-electron chi connectivity index (χ1n) is 4.65. The molecule has 90 valence electrons. The van der Waals surface area contributed by atoms with Crippen LogP contribution in [0.4, 0.5) is 0 Å². The fraction of sp³-hybridized carbons (Fsp3) is 0.600.